The number of ether oxygens (including phenoxy) is 1. The number of fused-ring (bicyclic) bond motifs is 10. The molecule has 0 saturated heterocycles. The largest absolute Gasteiger partial charge is 0.456 e. The summed E-state index contributed by atoms with van der Waals surface area (Å²) < 4.78 is 15.5. The molecular weight excluding hydrogens is 685 g/mol. The van der Waals surface area contributed by atoms with Gasteiger partial charge in [-0.15, -0.1) is 0 Å². The molecule has 0 saturated carbocycles. The maximum Gasteiger partial charge on any atom is 0.160 e. The van der Waals surface area contributed by atoms with Gasteiger partial charge in [-0.25, -0.2) is 0 Å². The minimum Gasteiger partial charge on any atom is -0.456 e. The highest BCUT2D eigenvalue weighted by molar-refractivity contribution is 6.19. The zero-order valence-electron chi connectivity index (χ0n) is 30.2. The lowest BCUT2D eigenvalue weighted by molar-refractivity contribution is 0.478. The van der Waals surface area contributed by atoms with Crippen LogP contribution in [0.15, 0.2) is 199 Å². The van der Waals surface area contributed by atoms with E-state index in [9.17, 15) is 0 Å². The molecule has 0 spiro atoms. The molecule has 2 aromatic heterocycles. The third-order valence-corrected chi connectivity index (χ3v) is 11.4. The summed E-state index contributed by atoms with van der Waals surface area (Å²) in [6.45, 7) is 0. The van der Waals surface area contributed by atoms with Crippen molar-refractivity contribution in [2.45, 2.75) is 0 Å². The Bertz CT molecular complexity index is 3320. The molecule has 0 aliphatic carbocycles. The van der Waals surface area contributed by atoms with E-state index in [0.717, 1.165) is 84.0 Å². The van der Waals surface area contributed by atoms with Crippen LogP contribution in [-0.2, 0) is 0 Å². The Morgan fingerprint density at radius 2 is 1.09 bits per heavy atom. The van der Waals surface area contributed by atoms with Gasteiger partial charge in [0.15, 0.2) is 11.5 Å². The average Bonchev–Trinajstić information content (AvgIpc) is 3.81. The molecule has 3 heterocycles. The van der Waals surface area contributed by atoms with Crippen molar-refractivity contribution in [1.82, 2.24) is 4.57 Å². The molecule has 1 aliphatic rings. The highest BCUT2D eigenvalue weighted by Crippen LogP contribution is 2.49. The van der Waals surface area contributed by atoms with Crippen LogP contribution in [0, 0.1) is 0 Å². The minimum absolute atomic E-state index is 0.863. The number of anilines is 3. The number of aromatic nitrogens is 1. The van der Waals surface area contributed by atoms with Crippen LogP contribution in [0.2, 0.25) is 0 Å². The Labute approximate surface area is 322 Å². The molecule has 0 radical (unpaired) electrons. The molecule has 12 rings (SSSR count). The molecule has 0 atom stereocenters. The molecule has 11 aromatic rings. The Kier molecular flexibility index (Phi) is 6.60. The Hall–Kier alpha value is -7.56. The summed E-state index contributed by atoms with van der Waals surface area (Å²) in [5, 5.41) is 7.12. The standard InChI is InChI=1S/C52H32N2O2/c1-2-11-37(12-3-1)53(39-27-28-44-49(32-39)55-48-31-24-35-10-4-5-13-40(35)50(44)48)38-25-22-34(23-26-38)33-18-20-36(21-19-33)41-29-30-43-42-14-6-7-15-45(42)54-46-16-8-9-17-47(46)56-52(41)51(43)54/h1-32H. The summed E-state index contributed by atoms with van der Waals surface area (Å²) in [6, 6.07) is 68.8. The van der Waals surface area contributed by atoms with E-state index in [-0.39, 0.29) is 0 Å². The summed E-state index contributed by atoms with van der Waals surface area (Å²) in [4.78, 5) is 2.29. The van der Waals surface area contributed by atoms with Gasteiger partial charge in [-0.3, -0.25) is 0 Å². The first-order valence-electron chi connectivity index (χ1n) is 19.0. The second kappa shape index (κ2) is 12.0. The topological polar surface area (TPSA) is 30.5 Å². The first kappa shape index (κ1) is 30.9. The highest BCUT2D eigenvalue weighted by Gasteiger charge is 2.26. The van der Waals surface area contributed by atoms with E-state index in [1.54, 1.807) is 0 Å². The smallest absolute Gasteiger partial charge is 0.160 e. The Morgan fingerprint density at radius 3 is 1.95 bits per heavy atom. The molecule has 56 heavy (non-hydrogen) atoms. The van der Waals surface area contributed by atoms with E-state index in [0.29, 0.717) is 0 Å². The second-order valence-corrected chi connectivity index (χ2v) is 14.5. The zero-order valence-corrected chi connectivity index (χ0v) is 30.2. The van der Waals surface area contributed by atoms with Gasteiger partial charge in [0.25, 0.3) is 0 Å². The first-order valence-corrected chi connectivity index (χ1v) is 19.0. The predicted molar refractivity (Wildman–Crippen MR) is 231 cm³/mol. The molecule has 4 heteroatoms. The van der Waals surface area contributed by atoms with Gasteiger partial charge in [-0.2, -0.15) is 0 Å². The molecule has 4 nitrogen and oxygen atoms in total. The van der Waals surface area contributed by atoms with Crippen LogP contribution in [0.5, 0.6) is 11.5 Å². The lowest BCUT2D eigenvalue weighted by Crippen LogP contribution is -2.09. The number of hydrogen-bond acceptors (Lipinski definition) is 3. The number of rotatable bonds is 5. The summed E-state index contributed by atoms with van der Waals surface area (Å²) in [5.41, 5.74) is 12.8. The number of nitrogens with zero attached hydrogens (tertiary/aromatic N) is 2. The number of furan rings is 1. The van der Waals surface area contributed by atoms with Gasteiger partial charge in [-0.1, -0.05) is 121 Å². The maximum absolute atomic E-state index is 6.71. The number of hydrogen-bond donors (Lipinski definition) is 0. The number of benzene rings is 9. The molecule has 0 bridgehead atoms. The molecule has 0 amide bonds. The molecular formula is C52H32N2O2. The lowest BCUT2D eigenvalue weighted by atomic mass is 9.98. The van der Waals surface area contributed by atoms with Gasteiger partial charge in [0.1, 0.15) is 11.2 Å². The fraction of sp³-hybridized carbons (Fsp3) is 0. The van der Waals surface area contributed by atoms with Gasteiger partial charge in [0.05, 0.1) is 16.7 Å². The maximum atomic E-state index is 6.71. The quantitative estimate of drug-likeness (QED) is 0.178. The van der Waals surface area contributed by atoms with Crippen molar-refractivity contribution in [2.75, 3.05) is 4.90 Å². The molecule has 1 aliphatic heterocycles. The van der Waals surface area contributed by atoms with E-state index in [1.165, 1.54) is 27.1 Å². The van der Waals surface area contributed by atoms with Crippen molar-refractivity contribution in [2.24, 2.45) is 0 Å². The van der Waals surface area contributed by atoms with Crippen LogP contribution in [0.3, 0.4) is 0 Å². The van der Waals surface area contributed by atoms with E-state index < -0.39 is 0 Å². The molecule has 262 valence electrons. The van der Waals surface area contributed by atoms with Crippen LogP contribution < -0.4 is 9.64 Å². The first-order chi connectivity index (χ1) is 27.8. The van der Waals surface area contributed by atoms with Crippen LogP contribution in [0.1, 0.15) is 0 Å². The van der Waals surface area contributed by atoms with Crippen molar-refractivity contribution in [1.29, 1.82) is 0 Å². The summed E-state index contributed by atoms with van der Waals surface area (Å²) in [5.74, 6) is 1.76. The normalized spacial score (nSPS) is 12.1. The van der Waals surface area contributed by atoms with E-state index in [4.69, 9.17) is 9.15 Å². The second-order valence-electron chi connectivity index (χ2n) is 14.5. The molecule has 0 unspecified atom stereocenters. The highest BCUT2D eigenvalue weighted by atomic mass is 16.5. The lowest BCUT2D eigenvalue weighted by Gasteiger charge is -2.25. The van der Waals surface area contributed by atoms with E-state index in [1.807, 2.05) is 6.07 Å². The van der Waals surface area contributed by atoms with Gasteiger partial charge in [-0.05, 0) is 94.2 Å². The fourth-order valence-corrected chi connectivity index (χ4v) is 8.79. The fourth-order valence-electron chi connectivity index (χ4n) is 8.79. The average molecular weight is 717 g/mol. The third kappa shape index (κ3) is 4.60. The van der Waals surface area contributed by atoms with Crippen molar-refractivity contribution >= 4 is 71.6 Å². The van der Waals surface area contributed by atoms with Gasteiger partial charge < -0.3 is 18.6 Å². The summed E-state index contributed by atoms with van der Waals surface area (Å²) in [6.07, 6.45) is 0. The van der Waals surface area contributed by atoms with Crippen LogP contribution in [-0.4, -0.2) is 4.57 Å². The van der Waals surface area contributed by atoms with Crippen LogP contribution >= 0.6 is 0 Å². The van der Waals surface area contributed by atoms with Crippen molar-refractivity contribution < 1.29 is 9.15 Å². The number of para-hydroxylation sites is 4. The Balaban J connectivity index is 0.907. The zero-order chi connectivity index (χ0) is 36.7. The van der Waals surface area contributed by atoms with Crippen LogP contribution in [0.4, 0.5) is 17.1 Å². The van der Waals surface area contributed by atoms with E-state index in [2.05, 4.69) is 198 Å². The molecule has 0 fully saturated rings. The van der Waals surface area contributed by atoms with Gasteiger partial charge >= 0.3 is 0 Å². The monoisotopic (exact) mass is 716 g/mol. The van der Waals surface area contributed by atoms with Gasteiger partial charge in [0.2, 0.25) is 0 Å². The van der Waals surface area contributed by atoms with Gasteiger partial charge in [0, 0.05) is 50.2 Å². The van der Waals surface area contributed by atoms with Crippen molar-refractivity contribution in [3.8, 4) is 39.4 Å². The third-order valence-electron chi connectivity index (χ3n) is 11.4. The summed E-state index contributed by atoms with van der Waals surface area (Å²) in [7, 11) is 0. The summed E-state index contributed by atoms with van der Waals surface area (Å²) >= 11 is 0. The molecule has 0 N–H and O–H groups in total. The molecule has 9 aromatic carbocycles. The minimum atomic E-state index is 0.863. The van der Waals surface area contributed by atoms with Crippen molar-refractivity contribution in [3.63, 3.8) is 0 Å². The van der Waals surface area contributed by atoms with Crippen molar-refractivity contribution in [3.05, 3.63) is 194 Å². The SMILES string of the molecule is c1ccc(N(c2ccc(-c3ccc(-c4ccc5c6ccccc6n6c5c4Oc4ccccc4-6)cc3)cc2)c2ccc3c(c2)oc2ccc4ccccc4c23)cc1. The predicted octanol–water partition coefficient (Wildman–Crippen LogP) is 14.7. The van der Waals surface area contributed by atoms with Crippen LogP contribution in [0.25, 0.3) is 82.5 Å². The van der Waals surface area contributed by atoms with E-state index >= 15 is 0 Å². The Morgan fingerprint density at radius 1 is 0.429 bits per heavy atom.